The second kappa shape index (κ2) is 6.19. The summed E-state index contributed by atoms with van der Waals surface area (Å²) in [6.45, 7) is 0. The smallest absolute Gasteiger partial charge is 0.0923 e. The van der Waals surface area contributed by atoms with Crippen molar-refractivity contribution in [2.75, 3.05) is 21.1 Å². The lowest BCUT2D eigenvalue weighted by Crippen LogP contribution is -2.33. The highest BCUT2D eigenvalue weighted by Crippen LogP contribution is 2.26. The van der Waals surface area contributed by atoms with Gasteiger partial charge >= 0.3 is 0 Å². The SMILES string of the molecule is C[N+](C)(C)/N=C1/CCCCC1Cc1ccc(Br)cc1. The highest BCUT2D eigenvalue weighted by atomic mass is 79.9. The van der Waals surface area contributed by atoms with Gasteiger partial charge in [0.1, 0.15) is 0 Å². The third-order valence-corrected chi connectivity index (χ3v) is 4.06. The molecule has 0 aromatic heterocycles. The molecule has 2 nitrogen and oxygen atoms in total. The summed E-state index contributed by atoms with van der Waals surface area (Å²) in [5.41, 5.74) is 2.84. The molecule has 3 heteroatoms. The van der Waals surface area contributed by atoms with Gasteiger partial charge in [-0.15, -0.1) is 0 Å². The Kier molecular flexibility index (Phi) is 4.80. The second-order valence-electron chi connectivity index (χ2n) is 6.31. The Labute approximate surface area is 125 Å². The summed E-state index contributed by atoms with van der Waals surface area (Å²) in [4.78, 5) is 0. The van der Waals surface area contributed by atoms with Crippen molar-refractivity contribution < 1.29 is 4.59 Å². The quantitative estimate of drug-likeness (QED) is 0.582. The average Bonchev–Trinajstić information content (AvgIpc) is 2.33. The van der Waals surface area contributed by atoms with E-state index >= 15 is 0 Å². The molecule has 0 aliphatic heterocycles. The third-order valence-electron chi connectivity index (χ3n) is 3.53. The van der Waals surface area contributed by atoms with Crippen LogP contribution in [0, 0.1) is 5.92 Å². The van der Waals surface area contributed by atoms with Crippen LogP contribution in [0.15, 0.2) is 33.8 Å². The van der Waals surface area contributed by atoms with E-state index in [-0.39, 0.29) is 0 Å². The maximum Gasteiger partial charge on any atom is 0.0923 e. The van der Waals surface area contributed by atoms with Gasteiger partial charge in [0.25, 0.3) is 0 Å². The summed E-state index contributed by atoms with van der Waals surface area (Å²) in [6.07, 6.45) is 6.24. The minimum Gasteiger partial charge on any atom is -0.205 e. The standard InChI is InChI=1S/C16H24BrN2/c1-19(2,3)18-16-7-5-4-6-14(16)12-13-8-10-15(17)11-9-13/h8-11,14H,4-7,12H2,1-3H3/q+1/b18-16-. The molecule has 1 aliphatic carbocycles. The largest absolute Gasteiger partial charge is 0.205 e. The average molecular weight is 324 g/mol. The molecule has 104 valence electrons. The van der Waals surface area contributed by atoms with E-state index < -0.39 is 0 Å². The summed E-state index contributed by atoms with van der Waals surface area (Å²) in [6, 6.07) is 8.72. The van der Waals surface area contributed by atoms with Crippen LogP contribution < -0.4 is 0 Å². The van der Waals surface area contributed by atoms with Crippen LogP contribution in [0.5, 0.6) is 0 Å². The molecular weight excluding hydrogens is 300 g/mol. The number of rotatable bonds is 3. The van der Waals surface area contributed by atoms with E-state index in [9.17, 15) is 0 Å². The molecule has 1 saturated carbocycles. The zero-order valence-corrected chi connectivity index (χ0v) is 13.8. The van der Waals surface area contributed by atoms with E-state index in [1.54, 1.807) is 0 Å². The van der Waals surface area contributed by atoms with Gasteiger partial charge in [-0.1, -0.05) is 39.6 Å². The van der Waals surface area contributed by atoms with Gasteiger partial charge < -0.3 is 0 Å². The van der Waals surface area contributed by atoms with E-state index in [0.717, 1.165) is 10.9 Å². The monoisotopic (exact) mass is 323 g/mol. The lowest BCUT2D eigenvalue weighted by Gasteiger charge is -2.26. The van der Waals surface area contributed by atoms with E-state index in [4.69, 9.17) is 5.10 Å². The van der Waals surface area contributed by atoms with Crippen molar-refractivity contribution in [3.8, 4) is 0 Å². The van der Waals surface area contributed by atoms with E-state index in [1.807, 2.05) is 0 Å². The number of quaternary nitrogens is 1. The molecule has 19 heavy (non-hydrogen) atoms. The molecule has 2 rings (SSSR count). The zero-order valence-electron chi connectivity index (χ0n) is 12.2. The molecule has 0 heterocycles. The van der Waals surface area contributed by atoms with Crippen molar-refractivity contribution in [3.05, 3.63) is 34.3 Å². The molecule has 0 saturated heterocycles. The van der Waals surface area contributed by atoms with Crippen LogP contribution in [-0.4, -0.2) is 31.4 Å². The number of hydrogen-bond donors (Lipinski definition) is 0. The number of nitrogens with zero attached hydrogens (tertiary/aromatic N) is 2. The molecule has 1 aliphatic rings. The predicted octanol–water partition coefficient (Wildman–Crippen LogP) is 4.24. The number of halogens is 1. The molecule has 0 radical (unpaired) electrons. The first-order chi connectivity index (χ1) is 8.94. The Balaban J connectivity index is 2.12. The Hall–Kier alpha value is -0.670. The molecular formula is C16H24BrN2+. The maximum absolute atomic E-state index is 4.91. The van der Waals surface area contributed by atoms with Crippen LogP contribution in [0.3, 0.4) is 0 Å². The van der Waals surface area contributed by atoms with Crippen molar-refractivity contribution in [1.82, 2.24) is 0 Å². The topological polar surface area (TPSA) is 12.4 Å². The molecule has 0 spiro atoms. The van der Waals surface area contributed by atoms with Gasteiger partial charge in [0.2, 0.25) is 0 Å². The van der Waals surface area contributed by atoms with Crippen molar-refractivity contribution in [2.45, 2.75) is 32.1 Å². The summed E-state index contributed by atoms with van der Waals surface area (Å²) in [7, 11) is 6.41. The normalized spacial score (nSPS) is 22.7. The van der Waals surface area contributed by atoms with Crippen LogP contribution in [0.4, 0.5) is 0 Å². The highest BCUT2D eigenvalue weighted by Gasteiger charge is 2.23. The molecule has 0 N–H and O–H groups in total. The molecule has 1 fully saturated rings. The first-order valence-electron chi connectivity index (χ1n) is 7.09. The maximum atomic E-state index is 4.91. The first-order valence-corrected chi connectivity index (χ1v) is 7.88. The fraction of sp³-hybridized carbons (Fsp3) is 0.562. The van der Waals surface area contributed by atoms with E-state index in [0.29, 0.717) is 10.5 Å². The molecule has 1 aromatic rings. The van der Waals surface area contributed by atoms with Crippen LogP contribution in [0.1, 0.15) is 31.2 Å². The minimum absolute atomic E-state index is 0.632. The highest BCUT2D eigenvalue weighted by molar-refractivity contribution is 9.10. The van der Waals surface area contributed by atoms with Crippen LogP contribution >= 0.6 is 15.9 Å². The fourth-order valence-electron chi connectivity index (χ4n) is 2.71. The van der Waals surface area contributed by atoms with Crippen molar-refractivity contribution >= 4 is 21.6 Å². The molecule has 0 bridgehead atoms. The van der Waals surface area contributed by atoms with Gasteiger partial charge in [0.05, 0.1) is 26.9 Å². The summed E-state index contributed by atoms with van der Waals surface area (Å²) < 4.78 is 1.84. The second-order valence-corrected chi connectivity index (χ2v) is 7.22. The van der Waals surface area contributed by atoms with Crippen LogP contribution in [-0.2, 0) is 6.42 Å². The van der Waals surface area contributed by atoms with Crippen molar-refractivity contribution in [2.24, 2.45) is 11.0 Å². The lowest BCUT2D eigenvalue weighted by atomic mass is 9.83. The molecule has 1 atom stereocenters. The molecule has 1 aromatic carbocycles. The fourth-order valence-corrected chi connectivity index (χ4v) is 2.97. The van der Waals surface area contributed by atoms with Gasteiger partial charge in [-0.05, 0) is 43.4 Å². The van der Waals surface area contributed by atoms with E-state index in [1.165, 1.54) is 37.0 Å². The summed E-state index contributed by atoms with van der Waals surface area (Å²) in [5.74, 6) is 0.632. The zero-order chi connectivity index (χ0) is 13.9. The van der Waals surface area contributed by atoms with E-state index in [2.05, 4.69) is 61.3 Å². The van der Waals surface area contributed by atoms with Crippen molar-refractivity contribution in [3.63, 3.8) is 0 Å². The van der Waals surface area contributed by atoms with Crippen LogP contribution in [0.25, 0.3) is 0 Å². The Morgan fingerprint density at radius 1 is 1.16 bits per heavy atom. The number of hydrogen-bond acceptors (Lipinski definition) is 1. The van der Waals surface area contributed by atoms with Gasteiger partial charge in [-0.25, -0.2) is 4.59 Å². The number of benzene rings is 1. The first kappa shape index (κ1) is 14.7. The van der Waals surface area contributed by atoms with Gasteiger partial charge in [0.15, 0.2) is 0 Å². The Bertz CT molecular complexity index is 443. The van der Waals surface area contributed by atoms with Crippen molar-refractivity contribution in [1.29, 1.82) is 0 Å². The van der Waals surface area contributed by atoms with Crippen LogP contribution in [0.2, 0.25) is 0 Å². The van der Waals surface area contributed by atoms with Gasteiger partial charge in [-0.3, -0.25) is 0 Å². The summed E-state index contributed by atoms with van der Waals surface area (Å²) in [5, 5.41) is 4.91. The minimum atomic E-state index is 0.632. The predicted molar refractivity (Wildman–Crippen MR) is 85.3 cm³/mol. The van der Waals surface area contributed by atoms with Gasteiger partial charge in [-0.2, -0.15) is 0 Å². The molecule has 1 unspecified atom stereocenters. The Morgan fingerprint density at radius 3 is 2.47 bits per heavy atom. The molecule has 0 amide bonds. The van der Waals surface area contributed by atoms with Gasteiger partial charge in [0, 0.05) is 10.4 Å². The third kappa shape index (κ3) is 4.73. The summed E-state index contributed by atoms with van der Waals surface area (Å²) >= 11 is 3.50. The lowest BCUT2D eigenvalue weighted by molar-refractivity contribution is -0.877. The Morgan fingerprint density at radius 2 is 1.84 bits per heavy atom.